The fraction of sp³-hybridized carbons (Fsp3) is 0.450. The summed E-state index contributed by atoms with van der Waals surface area (Å²) in [5.74, 6) is 0.650. The van der Waals surface area contributed by atoms with E-state index in [1.165, 1.54) is 18.8 Å². The monoisotopic (exact) mass is 406 g/mol. The molecule has 1 unspecified atom stereocenters. The van der Waals surface area contributed by atoms with E-state index in [0.29, 0.717) is 12.4 Å². The van der Waals surface area contributed by atoms with Crippen LogP contribution in [0, 0.1) is 0 Å². The number of rotatable bonds is 7. The van der Waals surface area contributed by atoms with Crippen LogP contribution in [-0.4, -0.2) is 62.0 Å². The number of alkyl halides is 1. The van der Waals surface area contributed by atoms with Gasteiger partial charge in [0, 0.05) is 36.7 Å². The lowest BCUT2D eigenvalue weighted by Crippen LogP contribution is -2.39. The van der Waals surface area contributed by atoms with Crippen molar-refractivity contribution in [2.75, 3.05) is 33.8 Å². The summed E-state index contributed by atoms with van der Waals surface area (Å²) < 4.78 is 20.6. The molecule has 8 heteroatoms. The number of carbonyl (C=O) groups is 1. The zero-order valence-electron chi connectivity index (χ0n) is 16.8. The van der Waals surface area contributed by atoms with Crippen LogP contribution in [0.15, 0.2) is 56.4 Å². The molecule has 0 radical (unpaired) electrons. The first kappa shape index (κ1) is 21.9. The minimum atomic E-state index is -1.71. The first-order valence-corrected chi connectivity index (χ1v) is 9.91. The van der Waals surface area contributed by atoms with Gasteiger partial charge in [-0.05, 0) is 25.3 Å². The molecule has 0 bridgehead atoms. The van der Waals surface area contributed by atoms with E-state index in [2.05, 4.69) is 21.9 Å². The normalized spacial score (nSPS) is 22.7. The molecular weight excluding hydrogens is 379 g/mol. The number of allylic oxidation sites excluding steroid dienone is 4. The minimum Gasteiger partial charge on any atom is -0.446 e. The average Bonchev–Trinajstić information content (AvgIpc) is 3.05. The molecule has 0 aromatic heterocycles. The van der Waals surface area contributed by atoms with Gasteiger partial charge in [0.15, 0.2) is 5.67 Å². The summed E-state index contributed by atoms with van der Waals surface area (Å²) in [6, 6.07) is 0. The quantitative estimate of drug-likeness (QED) is 0.652. The highest BCUT2D eigenvalue weighted by Crippen LogP contribution is 2.40. The van der Waals surface area contributed by atoms with Crippen LogP contribution < -0.4 is 5.32 Å². The molecule has 2 aliphatic heterocycles. The molecule has 1 N–H and O–H groups in total. The number of nitrogens with one attached hydrogen (secondary N) is 1. The van der Waals surface area contributed by atoms with Crippen LogP contribution in [0.1, 0.15) is 20.3 Å². The number of fused-ring (bicyclic) bond motifs is 1. The van der Waals surface area contributed by atoms with Crippen LogP contribution in [-0.2, 0) is 4.74 Å². The van der Waals surface area contributed by atoms with Crippen molar-refractivity contribution in [1.82, 2.24) is 10.2 Å². The van der Waals surface area contributed by atoms with Gasteiger partial charge in [-0.25, -0.2) is 9.18 Å². The van der Waals surface area contributed by atoms with Gasteiger partial charge in [-0.3, -0.25) is 9.98 Å². The largest absolute Gasteiger partial charge is 0.446 e. The van der Waals surface area contributed by atoms with E-state index < -0.39 is 11.8 Å². The topological polar surface area (TPSA) is 66.3 Å². The van der Waals surface area contributed by atoms with Gasteiger partial charge in [-0.1, -0.05) is 30.5 Å². The molecule has 1 amide bonds. The Hall–Kier alpha value is -2.35. The molecule has 28 heavy (non-hydrogen) atoms. The van der Waals surface area contributed by atoms with Gasteiger partial charge in [0.25, 0.3) is 0 Å². The van der Waals surface area contributed by atoms with E-state index in [1.807, 2.05) is 42.4 Å². The highest BCUT2D eigenvalue weighted by atomic mass is 32.2. The van der Waals surface area contributed by atoms with Crippen molar-refractivity contribution in [3.63, 3.8) is 0 Å². The Bertz CT molecular complexity index is 785. The van der Waals surface area contributed by atoms with Crippen molar-refractivity contribution in [1.29, 1.82) is 0 Å². The number of carbonyl (C=O) groups excluding carboxylic acids is 1. The molecule has 0 aromatic carbocycles. The molecule has 1 fully saturated rings. The number of ether oxygens (including phenoxy) is 1. The number of thioether (sulfide) groups is 1. The fourth-order valence-corrected chi connectivity index (χ4v) is 3.72. The summed E-state index contributed by atoms with van der Waals surface area (Å²) >= 11 is 1.45. The van der Waals surface area contributed by atoms with E-state index >= 15 is 4.39 Å². The third-order valence-electron chi connectivity index (χ3n) is 4.38. The van der Waals surface area contributed by atoms with Crippen molar-refractivity contribution >= 4 is 29.4 Å². The van der Waals surface area contributed by atoms with E-state index in [1.54, 1.807) is 7.05 Å². The lowest BCUT2D eigenvalue weighted by atomic mass is 10.00. The minimum absolute atomic E-state index is 0.0455. The molecule has 0 aliphatic carbocycles. The summed E-state index contributed by atoms with van der Waals surface area (Å²) in [7, 11) is 3.15. The Morgan fingerprint density at radius 3 is 2.86 bits per heavy atom. The highest BCUT2D eigenvalue weighted by Gasteiger charge is 2.47. The van der Waals surface area contributed by atoms with Gasteiger partial charge < -0.3 is 15.0 Å². The van der Waals surface area contributed by atoms with Crippen LogP contribution in [0.3, 0.4) is 0 Å². The van der Waals surface area contributed by atoms with Crippen molar-refractivity contribution in [3.05, 3.63) is 46.4 Å². The van der Waals surface area contributed by atoms with Crippen molar-refractivity contribution < 1.29 is 13.9 Å². The predicted octanol–water partition coefficient (Wildman–Crippen LogP) is 3.85. The maximum absolute atomic E-state index is 15.6. The predicted molar refractivity (Wildman–Crippen MR) is 115 cm³/mol. The van der Waals surface area contributed by atoms with Crippen LogP contribution >= 0.6 is 11.8 Å². The first-order chi connectivity index (χ1) is 13.4. The van der Waals surface area contributed by atoms with E-state index in [-0.39, 0.29) is 19.6 Å². The summed E-state index contributed by atoms with van der Waals surface area (Å²) in [6.07, 6.45) is 5.17. The second kappa shape index (κ2) is 9.73. The lowest BCUT2D eigenvalue weighted by Gasteiger charge is -2.29. The Morgan fingerprint density at radius 2 is 2.25 bits per heavy atom. The number of hydrogen-bond acceptors (Lipinski definition) is 6. The van der Waals surface area contributed by atoms with Crippen molar-refractivity contribution in [2.24, 2.45) is 9.98 Å². The molecule has 2 rings (SSSR count). The van der Waals surface area contributed by atoms with Gasteiger partial charge >= 0.3 is 6.09 Å². The molecule has 1 atom stereocenters. The highest BCUT2D eigenvalue weighted by molar-refractivity contribution is 8.06. The summed E-state index contributed by atoms with van der Waals surface area (Å²) in [6.45, 7) is 8.04. The summed E-state index contributed by atoms with van der Waals surface area (Å²) in [4.78, 5) is 23.0. The summed E-state index contributed by atoms with van der Waals surface area (Å²) in [5.41, 5.74) is 0.758. The van der Waals surface area contributed by atoms with Crippen LogP contribution in [0.5, 0.6) is 0 Å². The fourth-order valence-electron chi connectivity index (χ4n) is 3.14. The lowest BCUT2D eigenvalue weighted by molar-refractivity contribution is 0.0588. The first-order valence-electron chi connectivity index (χ1n) is 9.03. The standard InChI is InChI=1S/C20H27FN4O2S/c1-6-8-16(22-4)15-11-24-18(14(3)28-9-7-2)25-12-20(21,10-17(15)25)13-27-19(26)23-5/h6-9H,3,10-13H2,1-2,4-5H3,(H,23,26)/b8-6-,9-7-,22-16?. The zero-order chi connectivity index (χ0) is 20.7. The van der Waals surface area contributed by atoms with Crippen LogP contribution in [0.2, 0.25) is 0 Å². The maximum atomic E-state index is 15.6. The summed E-state index contributed by atoms with van der Waals surface area (Å²) in [5, 5.41) is 4.25. The van der Waals surface area contributed by atoms with Gasteiger partial charge in [-0.15, -0.1) is 0 Å². The number of amidine groups is 1. The van der Waals surface area contributed by atoms with Crippen molar-refractivity contribution in [2.45, 2.75) is 25.9 Å². The molecular formula is C20H27FN4O2S. The molecule has 0 spiro atoms. The number of alkyl carbamates (subject to hydrolysis) is 1. The number of halogens is 1. The Balaban J connectivity index is 2.38. The number of hydrogen-bond donors (Lipinski definition) is 1. The average molecular weight is 407 g/mol. The van der Waals surface area contributed by atoms with E-state index in [0.717, 1.165) is 21.9 Å². The molecule has 2 heterocycles. The Labute approximate surface area is 170 Å². The molecule has 2 aliphatic rings. The third-order valence-corrected chi connectivity index (χ3v) is 5.25. The maximum Gasteiger partial charge on any atom is 0.406 e. The molecule has 152 valence electrons. The number of amides is 1. The number of nitrogens with zero attached hydrogens (tertiary/aromatic N) is 3. The van der Waals surface area contributed by atoms with Crippen molar-refractivity contribution in [3.8, 4) is 0 Å². The molecule has 1 saturated heterocycles. The van der Waals surface area contributed by atoms with E-state index in [9.17, 15) is 4.79 Å². The SMILES string of the molecule is C=C(S/C=C\C)C1=NCC(C(/C=C\C)=NC)=C2CC(F)(COC(=O)NC)CN12. The Morgan fingerprint density at radius 1 is 1.50 bits per heavy atom. The zero-order valence-corrected chi connectivity index (χ0v) is 17.6. The van der Waals surface area contributed by atoms with Gasteiger partial charge in [0.1, 0.15) is 12.4 Å². The second-order valence-corrected chi connectivity index (χ2v) is 7.42. The second-order valence-electron chi connectivity index (χ2n) is 6.42. The van der Waals surface area contributed by atoms with Crippen LogP contribution in [0.4, 0.5) is 9.18 Å². The molecule has 0 saturated carbocycles. The third kappa shape index (κ3) is 4.92. The van der Waals surface area contributed by atoms with Gasteiger partial charge in [0.2, 0.25) is 0 Å². The van der Waals surface area contributed by atoms with Crippen LogP contribution in [0.25, 0.3) is 0 Å². The van der Waals surface area contributed by atoms with Gasteiger partial charge in [0.05, 0.1) is 18.8 Å². The van der Waals surface area contributed by atoms with Gasteiger partial charge in [-0.2, -0.15) is 0 Å². The van der Waals surface area contributed by atoms with E-state index in [4.69, 9.17) is 4.74 Å². The number of aliphatic imine (C=N–C) groups is 2. The Kier molecular flexibility index (Phi) is 7.62. The smallest absolute Gasteiger partial charge is 0.406 e. The molecule has 6 nitrogen and oxygen atoms in total. The molecule has 0 aromatic rings.